The first-order chi connectivity index (χ1) is 16.3. The highest BCUT2D eigenvalue weighted by molar-refractivity contribution is 5.80. The van der Waals surface area contributed by atoms with Gasteiger partial charge in [0.2, 0.25) is 5.91 Å². The normalized spacial score (nSPS) is 19.9. The standard InChI is InChI=1S/C27H32N2O5/c1-16(2)24(14-25(30)28-23-13-7-12-21(23)26(31)32)29-27(33)34-15-22-19-10-5-3-8-17(19)18-9-4-6-11-20(18)22/h3-6,8-11,16,21-24H,7,12-15H2,1-2H3,(H,28,30)(H,29,33)(H,31,32)/t21-,23+,24?/m0/s1. The van der Waals surface area contributed by atoms with Crippen LogP contribution in [-0.2, 0) is 14.3 Å². The maximum atomic E-state index is 12.7. The summed E-state index contributed by atoms with van der Waals surface area (Å²) in [6.45, 7) is 4.06. The van der Waals surface area contributed by atoms with Crippen LogP contribution in [0.3, 0.4) is 0 Å². The molecule has 0 aliphatic heterocycles. The lowest BCUT2D eigenvalue weighted by molar-refractivity contribution is -0.142. The van der Waals surface area contributed by atoms with E-state index in [-0.39, 0.29) is 36.8 Å². The molecule has 3 atom stereocenters. The van der Waals surface area contributed by atoms with Crippen LogP contribution in [0.25, 0.3) is 11.1 Å². The van der Waals surface area contributed by atoms with E-state index in [1.54, 1.807) is 0 Å². The van der Waals surface area contributed by atoms with E-state index in [1.807, 2.05) is 38.1 Å². The summed E-state index contributed by atoms with van der Waals surface area (Å²) in [5.41, 5.74) is 4.60. The fourth-order valence-electron chi connectivity index (χ4n) is 5.14. The third kappa shape index (κ3) is 5.08. The fourth-order valence-corrected chi connectivity index (χ4v) is 5.14. The lowest BCUT2D eigenvalue weighted by Gasteiger charge is -2.24. The number of ether oxygens (including phenoxy) is 1. The molecule has 0 aromatic heterocycles. The van der Waals surface area contributed by atoms with Gasteiger partial charge >= 0.3 is 12.1 Å². The molecule has 4 rings (SSSR count). The Kier molecular flexibility index (Phi) is 7.20. The zero-order chi connectivity index (χ0) is 24.2. The van der Waals surface area contributed by atoms with Crippen molar-refractivity contribution in [2.24, 2.45) is 11.8 Å². The third-order valence-electron chi connectivity index (χ3n) is 7.04. The smallest absolute Gasteiger partial charge is 0.407 e. The summed E-state index contributed by atoms with van der Waals surface area (Å²) in [5, 5.41) is 15.0. The first-order valence-corrected chi connectivity index (χ1v) is 12.0. The van der Waals surface area contributed by atoms with Crippen molar-refractivity contribution in [3.63, 3.8) is 0 Å². The summed E-state index contributed by atoms with van der Waals surface area (Å²) >= 11 is 0. The third-order valence-corrected chi connectivity index (χ3v) is 7.04. The molecule has 1 unspecified atom stereocenters. The Balaban J connectivity index is 1.34. The van der Waals surface area contributed by atoms with Crippen molar-refractivity contribution in [2.45, 2.75) is 57.5 Å². The number of fused-ring (bicyclic) bond motifs is 3. The van der Waals surface area contributed by atoms with Crippen LogP contribution in [0.1, 0.15) is 56.6 Å². The molecule has 3 N–H and O–H groups in total. The summed E-state index contributed by atoms with van der Waals surface area (Å²) in [6.07, 6.45) is 1.54. The molecule has 7 heteroatoms. The van der Waals surface area contributed by atoms with Gasteiger partial charge in [0.15, 0.2) is 0 Å². The molecule has 34 heavy (non-hydrogen) atoms. The number of nitrogens with one attached hydrogen (secondary N) is 2. The van der Waals surface area contributed by atoms with Crippen LogP contribution in [0.15, 0.2) is 48.5 Å². The number of benzene rings is 2. The number of aliphatic carboxylic acids is 1. The minimum Gasteiger partial charge on any atom is -0.481 e. The summed E-state index contributed by atoms with van der Waals surface area (Å²) < 4.78 is 5.62. The van der Waals surface area contributed by atoms with Crippen LogP contribution >= 0.6 is 0 Å². The minimum absolute atomic E-state index is 0.00470. The van der Waals surface area contributed by atoms with Gasteiger partial charge in [0, 0.05) is 24.4 Å². The lowest BCUT2D eigenvalue weighted by Crippen LogP contribution is -2.46. The van der Waals surface area contributed by atoms with Crippen molar-refractivity contribution in [3.8, 4) is 11.1 Å². The zero-order valence-electron chi connectivity index (χ0n) is 19.6. The molecule has 0 radical (unpaired) electrons. The van der Waals surface area contributed by atoms with E-state index in [0.717, 1.165) is 28.7 Å². The number of alkyl carbamates (subject to hydrolysis) is 1. The van der Waals surface area contributed by atoms with Crippen molar-refractivity contribution in [3.05, 3.63) is 59.7 Å². The number of hydrogen-bond acceptors (Lipinski definition) is 4. The number of carboxylic acid groups (broad SMARTS) is 1. The quantitative estimate of drug-likeness (QED) is 0.540. The Morgan fingerprint density at radius 2 is 1.62 bits per heavy atom. The maximum Gasteiger partial charge on any atom is 0.407 e. The molecule has 0 bridgehead atoms. The highest BCUT2D eigenvalue weighted by Gasteiger charge is 2.34. The number of rotatable bonds is 8. The second kappa shape index (κ2) is 10.3. The average Bonchev–Trinajstić information content (AvgIpc) is 3.40. The van der Waals surface area contributed by atoms with Gasteiger partial charge in [-0.3, -0.25) is 9.59 Å². The second-order valence-corrected chi connectivity index (χ2v) is 9.57. The molecule has 2 aromatic carbocycles. The van der Waals surface area contributed by atoms with E-state index in [1.165, 1.54) is 0 Å². The molecule has 1 saturated carbocycles. The molecular weight excluding hydrogens is 432 g/mol. The first kappa shape index (κ1) is 23.8. The predicted molar refractivity (Wildman–Crippen MR) is 128 cm³/mol. The number of carbonyl (C=O) groups excluding carboxylic acids is 2. The van der Waals surface area contributed by atoms with Gasteiger partial charge in [-0.15, -0.1) is 0 Å². The van der Waals surface area contributed by atoms with Crippen LogP contribution in [-0.4, -0.2) is 41.8 Å². The Labute approximate surface area is 199 Å². The second-order valence-electron chi connectivity index (χ2n) is 9.57. The van der Waals surface area contributed by atoms with Crippen LogP contribution in [0.5, 0.6) is 0 Å². The van der Waals surface area contributed by atoms with Gasteiger partial charge in [-0.05, 0) is 41.0 Å². The van der Waals surface area contributed by atoms with E-state index < -0.39 is 24.0 Å². The van der Waals surface area contributed by atoms with Crippen LogP contribution in [0.2, 0.25) is 0 Å². The van der Waals surface area contributed by atoms with Crippen molar-refractivity contribution >= 4 is 18.0 Å². The number of amides is 2. The summed E-state index contributed by atoms with van der Waals surface area (Å²) in [5.74, 6) is -1.70. The molecule has 2 aliphatic carbocycles. The van der Waals surface area contributed by atoms with Crippen molar-refractivity contribution in [2.75, 3.05) is 6.61 Å². The van der Waals surface area contributed by atoms with Crippen LogP contribution in [0, 0.1) is 11.8 Å². The molecule has 0 saturated heterocycles. The molecule has 2 amide bonds. The molecule has 7 nitrogen and oxygen atoms in total. The highest BCUT2D eigenvalue weighted by atomic mass is 16.5. The fraction of sp³-hybridized carbons (Fsp3) is 0.444. The Morgan fingerprint density at radius 3 is 2.21 bits per heavy atom. The molecule has 1 fully saturated rings. The van der Waals surface area contributed by atoms with E-state index >= 15 is 0 Å². The topological polar surface area (TPSA) is 105 Å². The van der Waals surface area contributed by atoms with E-state index in [0.29, 0.717) is 12.8 Å². The molecule has 2 aromatic rings. The summed E-state index contributed by atoms with van der Waals surface area (Å²) in [6, 6.07) is 15.5. The highest BCUT2D eigenvalue weighted by Crippen LogP contribution is 2.44. The van der Waals surface area contributed by atoms with Gasteiger partial charge in [0.25, 0.3) is 0 Å². The molecular formula is C27H32N2O5. The van der Waals surface area contributed by atoms with Gasteiger partial charge < -0.3 is 20.5 Å². The summed E-state index contributed by atoms with van der Waals surface area (Å²) in [7, 11) is 0. The van der Waals surface area contributed by atoms with E-state index in [4.69, 9.17) is 4.74 Å². The largest absolute Gasteiger partial charge is 0.481 e. The first-order valence-electron chi connectivity index (χ1n) is 12.0. The van der Waals surface area contributed by atoms with Crippen LogP contribution in [0.4, 0.5) is 4.79 Å². The van der Waals surface area contributed by atoms with Gasteiger partial charge in [0.05, 0.1) is 5.92 Å². The Hall–Kier alpha value is -3.35. The number of carboxylic acids is 1. The average molecular weight is 465 g/mol. The lowest BCUT2D eigenvalue weighted by atomic mass is 9.98. The maximum absolute atomic E-state index is 12.7. The Bertz CT molecular complexity index is 1020. The minimum atomic E-state index is -0.875. The Morgan fingerprint density at radius 1 is 1.00 bits per heavy atom. The van der Waals surface area contributed by atoms with E-state index in [2.05, 4.69) is 34.9 Å². The van der Waals surface area contributed by atoms with Gasteiger partial charge in [-0.1, -0.05) is 68.8 Å². The molecule has 0 spiro atoms. The van der Waals surface area contributed by atoms with Crippen LogP contribution < -0.4 is 10.6 Å². The van der Waals surface area contributed by atoms with Crippen molar-refractivity contribution < 1.29 is 24.2 Å². The van der Waals surface area contributed by atoms with Gasteiger partial charge in [-0.2, -0.15) is 0 Å². The molecule has 180 valence electrons. The monoisotopic (exact) mass is 464 g/mol. The SMILES string of the molecule is CC(C)C(CC(=O)N[C@@H]1CCC[C@@H]1C(=O)O)NC(=O)OCC1c2ccccc2-c2ccccc21. The number of hydrogen-bond donors (Lipinski definition) is 3. The summed E-state index contributed by atoms with van der Waals surface area (Å²) in [4.78, 5) is 36.7. The predicted octanol–water partition coefficient (Wildman–Crippen LogP) is 4.31. The number of carbonyl (C=O) groups is 3. The zero-order valence-corrected chi connectivity index (χ0v) is 19.6. The van der Waals surface area contributed by atoms with Gasteiger partial charge in [0.1, 0.15) is 6.61 Å². The van der Waals surface area contributed by atoms with E-state index in [9.17, 15) is 19.5 Å². The van der Waals surface area contributed by atoms with Crippen molar-refractivity contribution in [1.29, 1.82) is 0 Å². The molecule has 2 aliphatic rings. The molecule has 0 heterocycles. The van der Waals surface area contributed by atoms with Gasteiger partial charge in [-0.25, -0.2) is 4.79 Å². The van der Waals surface area contributed by atoms with Crippen molar-refractivity contribution in [1.82, 2.24) is 10.6 Å².